The van der Waals surface area contributed by atoms with Gasteiger partial charge in [-0.05, 0) is 36.8 Å². The van der Waals surface area contributed by atoms with E-state index < -0.39 is 11.9 Å². The van der Waals surface area contributed by atoms with E-state index >= 15 is 0 Å². The van der Waals surface area contributed by atoms with Crippen molar-refractivity contribution in [2.45, 2.75) is 19.6 Å². The molecule has 4 rings (SSSR count). The number of benzene rings is 1. The number of nitrogens with zero attached hydrogens (tertiary/aromatic N) is 5. The van der Waals surface area contributed by atoms with Crippen LogP contribution in [0, 0.1) is 12.4 Å². The van der Waals surface area contributed by atoms with Crippen LogP contribution in [-0.4, -0.2) is 32.6 Å². The average Bonchev–Trinajstić information content (AvgIpc) is 3.03. The van der Waals surface area contributed by atoms with Crippen LogP contribution in [0.5, 0.6) is 5.75 Å². The minimum absolute atomic E-state index is 0.152. The summed E-state index contributed by atoms with van der Waals surface area (Å²) in [5.74, 6) is -0.0332. The van der Waals surface area contributed by atoms with E-state index in [2.05, 4.69) is 14.9 Å². The highest BCUT2D eigenvalue weighted by molar-refractivity contribution is 5.96. The number of aryl methyl sites for hydroxylation is 1. The number of anilines is 1. The Morgan fingerprint density at radius 3 is 2.83 bits per heavy atom. The molecule has 1 aliphatic rings. The van der Waals surface area contributed by atoms with Crippen molar-refractivity contribution in [1.29, 1.82) is 0 Å². The summed E-state index contributed by atoms with van der Waals surface area (Å²) in [4.78, 5) is 22.5. The molecule has 152 valence electrons. The first-order valence-electron chi connectivity index (χ1n) is 9.21. The fourth-order valence-corrected chi connectivity index (χ4v) is 3.61. The predicted molar refractivity (Wildman–Crippen MR) is 108 cm³/mol. The highest BCUT2D eigenvalue weighted by Crippen LogP contribution is 2.38. The maximum absolute atomic E-state index is 14.0. The number of hydrogen-bond donors (Lipinski definition) is 1. The van der Waals surface area contributed by atoms with E-state index in [0.717, 1.165) is 0 Å². The number of pyridine rings is 1. The van der Waals surface area contributed by atoms with Crippen LogP contribution in [0.3, 0.4) is 0 Å². The van der Waals surface area contributed by atoms with Crippen LogP contribution in [0.25, 0.3) is 16.0 Å². The third kappa shape index (κ3) is 3.12. The molecule has 1 aromatic carbocycles. The lowest BCUT2D eigenvalue weighted by Crippen LogP contribution is -2.28. The van der Waals surface area contributed by atoms with Crippen molar-refractivity contribution in [3.8, 4) is 16.9 Å². The molecule has 8 nitrogen and oxygen atoms in total. The van der Waals surface area contributed by atoms with Gasteiger partial charge in [0.2, 0.25) is 0 Å². The van der Waals surface area contributed by atoms with Crippen molar-refractivity contribution in [1.82, 2.24) is 19.7 Å². The average molecular weight is 406 g/mol. The highest BCUT2D eigenvalue weighted by atomic mass is 19.1. The van der Waals surface area contributed by atoms with Crippen molar-refractivity contribution in [3.05, 3.63) is 64.5 Å². The second-order valence-corrected chi connectivity index (χ2v) is 7.14. The third-order valence-corrected chi connectivity index (χ3v) is 5.09. The fraction of sp³-hybridized carbons (Fsp3) is 0.238. The number of halogens is 1. The standard InChI is InChI=1S/C21H19FN6O2/c1-11-15-8-13(22)5-6-14(15)21(29)27(3)10-16-18(20(24-2)28(4)26-16)12-7-17(30-11)19(23)25-9-12/h5-9,11H,10H2,1,3-4H3,(H2,23,25). The van der Waals surface area contributed by atoms with Crippen molar-refractivity contribution < 1.29 is 13.9 Å². The normalized spacial score (nSPS) is 15.9. The largest absolute Gasteiger partial charge is 0.482 e. The van der Waals surface area contributed by atoms with E-state index in [9.17, 15) is 9.18 Å². The summed E-state index contributed by atoms with van der Waals surface area (Å²) in [5.41, 5.74) is 8.43. The summed E-state index contributed by atoms with van der Waals surface area (Å²) in [6, 6.07) is 5.66. The molecule has 0 aliphatic carbocycles. The van der Waals surface area contributed by atoms with E-state index in [1.54, 1.807) is 33.3 Å². The zero-order valence-corrected chi connectivity index (χ0v) is 16.7. The molecule has 0 saturated carbocycles. The molecule has 3 aromatic rings. The molecule has 1 unspecified atom stereocenters. The van der Waals surface area contributed by atoms with Gasteiger partial charge in [-0.15, -0.1) is 5.10 Å². The number of hydrogen-bond acceptors (Lipinski definition) is 5. The van der Waals surface area contributed by atoms with Gasteiger partial charge in [0.25, 0.3) is 11.7 Å². The number of carbonyl (C=O) groups is 1. The maximum atomic E-state index is 14.0. The molecular weight excluding hydrogens is 387 g/mol. The number of nitrogens with two attached hydrogens (primary N) is 1. The monoisotopic (exact) mass is 406 g/mol. The van der Waals surface area contributed by atoms with E-state index in [1.165, 1.54) is 27.8 Å². The summed E-state index contributed by atoms with van der Waals surface area (Å²) >= 11 is 0. The van der Waals surface area contributed by atoms with E-state index in [1.807, 2.05) is 0 Å². The summed E-state index contributed by atoms with van der Waals surface area (Å²) in [6.45, 7) is 9.43. The SMILES string of the molecule is [C-]#[N+]c1c2c(nn1C)CN(C)C(=O)c1ccc(F)cc1C(C)Oc1cc-2cnc1N. The molecule has 1 aliphatic heterocycles. The van der Waals surface area contributed by atoms with E-state index in [0.29, 0.717) is 33.8 Å². The third-order valence-electron chi connectivity index (χ3n) is 5.09. The Balaban J connectivity index is 1.98. The number of carbonyl (C=O) groups excluding carboxylic acids is 1. The van der Waals surface area contributed by atoms with Gasteiger partial charge in [0.15, 0.2) is 11.6 Å². The molecule has 30 heavy (non-hydrogen) atoms. The van der Waals surface area contributed by atoms with Gasteiger partial charge in [0.05, 0.1) is 13.6 Å². The van der Waals surface area contributed by atoms with Gasteiger partial charge >= 0.3 is 0 Å². The summed E-state index contributed by atoms with van der Waals surface area (Å²) in [5, 5.41) is 4.44. The predicted octanol–water partition coefficient (Wildman–Crippen LogP) is 3.48. The molecule has 0 fully saturated rings. The lowest BCUT2D eigenvalue weighted by atomic mass is 10.0. The molecule has 0 saturated heterocycles. The molecule has 1 amide bonds. The van der Waals surface area contributed by atoms with Gasteiger partial charge in [-0.3, -0.25) is 4.79 Å². The van der Waals surface area contributed by atoms with Crippen LogP contribution in [-0.2, 0) is 13.6 Å². The summed E-state index contributed by atoms with van der Waals surface area (Å²) in [6.07, 6.45) is 0.879. The van der Waals surface area contributed by atoms with Crippen molar-refractivity contribution in [3.63, 3.8) is 0 Å². The van der Waals surface area contributed by atoms with Crippen LogP contribution in [0.4, 0.5) is 16.0 Å². The van der Waals surface area contributed by atoms with Gasteiger partial charge in [0.1, 0.15) is 17.6 Å². The molecule has 0 spiro atoms. The second kappa shape index (κ2) is 7.15. The van der Waals surface area contributed by atoms with Crippen LogP contribution in [0.1, 0.15) is 34.6 Å². The van der Waals surface area contributed by atoms with Gasteiger partial charge in [-0.2, -0.15) is 0 Å². The number of nitrogen functional groups attached to an aromatic ring is 1. The molecular formula is C21H19FN6O2. The second-order valence-electron chi connectivity index (χ2n) is 7.14. The van der Waals surface area contributed by atoms with Crippen LogP contribution in [0.15, 0.2) is 30.5 Å². The highest BCUT2D eigenvalue weighted by Gasteiger charge is 2.27. The first kappa shape index (κ1) is 19.4. The molecule has 2 bridgehead atoms. The van der Waals surface area contributed by atoms with Gasteiger partial charge in [-0.25, -0.2) is 14.1 Å². The van der Waals surface area contributed by atoms with Crippen molar-refractivity contribution >= 4 is 17.5 Å². The Morgan fingerprint density at radius 1 is 1.33 bits per heavy atom. The summed E-state index contributed by atoms with van der Waals surface area (Å²) in [7, 11) is 3.30. The van der Waals surface area contributed by atoms with Crippen LogP contribution in [0.2, 0.25) is 0 Å². The number of rotatable bonds is 0. The smallest absolute Gasteiger partial charge is 0.260 e. The quantitative estimate of drug-likeness (QED) is 0.577. The molecule has 2 aromatic heterocycles. The summed E-state index contributed by atoms with van der Waals surface area (Å²) < 4.78 is 21.4. The number of ether oxygens (including phenoxy) is 1. The maximum Gasteiger partial charge on any atom is 0.260 e. The molecule has 1 atom stereocenters. The Morgan fingerprint density at radius 2 is 2.10 bits per heavy atom. The number of aromatic nitrogens is 3. The first-order chi connectivity index (χ1) is 14.3. The Bertz CT molecular complexity index is 1210. The topological polar surface area (TPSA) is 90.6 Å². The molecule has 2 N–H and O–H groups in total. The number of fused-ring (bicyclic) bond motifs is 5. The number of amides is 1. The Hall–Kier alpha value is -3.93. The van der Waals surface area contributed by atoms with Gasteiger partial charge in [0, 0.05) is 29.9 Å². The lowest BCUT2D eigenvalue weighted by molar-refractivity contribution is 0.0778. The van der Waals surface area contributed by atoms with E-state index in [4.69, 9.17) is 17.0 Å². The van der Waals surface area contributed by atoms with Crippen molar-refractivity contribution in [2.75, 3.05) is 12.8 Å². The van der Waals surface area contributed by atoms with Gasteiger partial charge in [-0.1, -0.05) is 6.57 Å². The Labute approximate surface area is 172 Å². The molecule has 9 heteroatoms. The zero-order chi connectivity index (χ0) is 21.6. The van der Waals surface area contributed by atoms with Crippen LogP contribution < -0.4 is 10.5 Å². The Kier molecular flexibility index (Phi) is 4.62. The molecule has 3 heterocycles. The van der Waals surface area contributed by atoms with Crippen LogP contribution >= 0.6 is 0 Å². The first-order valence-corrected chi connectivity index (χ1v) is 9.21. The van der Waals surface area contributed by atoms with Gasteiger partial charge < -0.3 is 20.2 Å². The van der Waals surface area contributed by atoms with Crippen molar-refractivity contribution in [2.24, 2.45) is 7.05 Å². The lowest BCUT2D eigenvalue weighted by Gasteiger charge is -2.23. The minimum atomic E-state index is -0.666. The van der Waals surface area contributed by atoms with E-state index in [-0.39, 0.29) is 24.0 Å². The fourth-order valence-electron chi connectivity index (χ4n) is 3.61. The zero-order valence-electron chi connectivity index (χ0n) is 16.7. The minimum Gasteiger partial charge on any atom is -0.482 e. The molecule has 0 radical (unpaired) electrons.